The number of fused-ring (bicyclic) bond motifs is 1. The molecule has 1 aromatic rings. The quantitative estimate of drug-likeness (QED) is 0.803. The van der Waals surface area contributed by atoms with Crippen molar-refractivity contribution in [2.45, 2.75) is 51.3 Å². The zero-order chi connectivity index (χ0) is 18.2. The van der Waals surface area contributed by atoms with E-state index in [1.807, 2.05) is 37.8 Å². The molecule has 0 unspecified atom stereocenters. The Balaban J connectivity index is 1.96. The highest BCUT2D eigenvalue weighted by molar-refractivity contribution is 8.16. The number of anilines is 1. The first-order valence-electron chi connectivity index (χ1n) is 8.66. The van der Waals surface area contributed by atoms with Gasteiger partial charge in [-0.2, -0.15) is 4.99 Å². The number of carbonyl (C=O) groups is 1. The number of unbranched alkanes of at least 4 members (excludes halogenated alkanes) is 1. The number of aryl methyl sites for hydroxylation is 2. The molecule has 7 heteroatoms. The van der Waals surface area contributed by atoms with Gasteiger partial charge in [-0.05, 0) is 43.5 Å². The highest BCUT2D eigenvalue weighted by Crippen LogP contribution is 2.41. The Labute approximate surface area is 153 Å². The number of nitrogens with zero attached hydrogens (tertiary/aromatic N) is 2. The van der Waals surface area contributed by atoms with Gasteiger partial charge in [-0.3, -0.25) is 4.79 Å². The summed E-state index contributed by atoms with van der Waals surface area (Å²) in [5, 5.41) is 0.596. The van der Waals surface area contributed by atoms with Crippen LogP contribution in [0.3, 0.4) is 0 Å². The van der Waals surface area contributed by atoms with E-state index in [2.05, 4.69) is 11.1 Å². The third-order valence-electron chi connectivity index (χ3n) is 4.80. The molecule has 0 saturated carbocycles. The smallest absolute Gasteiger partial charge is 0.248 e. The summed E-state index contributed by atoms with van der Waals surface area (Å²) in [4.78, 5) is 18.5. The van der Waals surface area contributed by atoms with Crippen LogP contribution in [-0.2, 0) is 14.6 Å². The molecule has 0 radical (unpaired) electrons. The minimum Gasteiger partial charge on any atom is -0.316 e. The van der Waals surface area contributed by atoms with Crippen LogP contribution in [0.5, 0.6) is 0 Å². The van der Waals surface area contributed by atoms with Crippen LogP contribution < -0.4 is 4.90 Å². The molecule has 2 saturated heterocycles. The molecular weight excluding hydrogens is 356 g/mol. The summed E-state index contributed by atoms with van der Waals surface area (Å²) >= 11 is 1.43. The number of sulfone groups is 1. The van der Waals surface area contributed by atoms with E-state index in [1.165, 1.54) is 17.3 Å². The fourth-order valence-electron chi connectivity index (χ4n) is 3.23. The van der Waals surface area contributed by atoms with Crippen LogP contribution in [0.4, 0.5) is 5.69 Å². The number of rotatable bonds is 4. The second-order valence-corrected chi connectivity index (χ2v) is 10.2. The fraction of sp³-hybridized carbons (Fsp3) is 0.556. The van der Waals surface area contributed by atoms with Crippen molar-refractivity contribution in [1.82, 2.24) is 0 Å². The van der Waals surface area contributed by atoms with Crippen LogP contribution in [-0.4, -0.2) is 42.3 Å². The predicted octanol–water partition coefficient (Wildman–Crippen LogP) is 3.10. The van der Waals surface area contributed by atoms with Gasteiger partial charge in [0.15, 0.2) is 15.0 Å². The molecule has 1 amide bonds. The molecule has 136 valence electrons. The maximum atomic E-state index is 12.2. The van der Waals surface area contributed by atoms with Gasteiger partial charge >= 0.3 is 0 Å². The summed E-state index contributed by atoms with van der Waals surface area (Å²) in [5.74, 6) is 0.159. The first-order valence-corrected chi connectivity index (χ1v) is 11.4. The number of benzene rings is 1. The normalized spacial score (nSPS) is 26.2. The molecule has 5 nitrogen and oxygen atoms in total. The van der Waals surface area contributed by atoms with Crippen LogP contribution in [0.15, 0.2) is 23.2 Å². The number of thioether (sulfide) groups is 1. The van der Waals surface area contributed by atoms with Gasteiger partial charge in [-0.25, -0.2) is 8.42 Å². The molecule has 2 heterocycles. The Bertz CT molecular complexity index is 818. The van der Waals surface area contributed by atoms with Crippen LogP contribution in [0.2, 0.25) is 0 Å². The Hall–Kier alpha value is -1.34. The van der Waals surface area contributed by atoms with E-state index in [1.54, 1.807) is 0 Å². The lowest BCUT2D eigenvalue weighted by Crippen LogP contribution is -2.37. The highest BCUT2D eigenvalue weighted by Gasteiger charge is 2.49. The first kappa shape index (κ1) is 18.5. The Morgan fingerprint density at radius 3 is 2.72 bits per heavy atom. The lowest BCUT2D eigenvalue weighted by Gasteiger charge is -2.25. The SMILES string of the molecule is CCCCC(=O)N=C1S[C@H]2CS(=O)(=O)C[C@@H]2N1c1ccc(C)c(C)c1. The number of hydrogen-bond acceptors (Lipinski definition) is 4. The van der Waals surface area contributed by atoms with E-state index in [-0.39, 0.29) is 28.7 Å². The van der Waals surface area contributed by atoms with Gasteiger partial charge < -0.3 is 4.90 Å². The van der Waals surface area contributed by atoms with Gasteiger partial charge in [-0.1, -0.05) is 31.2 Å². The van der Waals surface area contributed by atoms with Crippen molar-refractivity contribution >= 4 is 38.4 Å². The average molecular weight is 381 g/mol. The lowest BCUT2D eigenvalue weighted by atomic mass is 10.1. The second-order valence-electron chi connectivity index (χ2n) is 6.83. The van der Waals surface area contributed by atoms with E-state index in [9.17, 15) is 13.2 Å². The van der Waals surface area contributed by atoms with E-state index >= 15 is 0 Å². The van der Waals surface area contributed by atoms with E-state index in [0.717, 1.165) is 24.1 Å². The molecule has 2 aliphatic heterocycles. The van der Waals surface area contributed by atoms with Crippen molar-refractivity contribution in [3.05, 3.63) is 29.3 Å². The third-order valence-corrected chi connectivity index (χ3v) is 8.01. The molecule has 2 aliphatic rings. The summed E-state index contributed by atoms with van der Waals surface area (Å²) in [6, 6.07) is 5.93. The number of aliphatic imine (C=N–C) groups is 1. The topological polar surface area (TPSA) is 66.8 Å². The van der Waals surface area contributed by atoms with Gasteiger partial charge in [0.2, 0.25) is 5.91 Å². The lowest BCUT2D eigenvalue weighted by molar-refractivity contribution is -0.117. The number of amides is 1. The van der Waals surface area contributed by atoms with E-state index in [4.69, 9.17) is 0 Å². The highest BCUT2D eigenvalue weighted by atomic mass is 32.2. The minimum absolute atomic E-state index is 0.0515. The van der Waals surface area contributed by atoms with Crippen LogP contribution in [0.1, 0.15) is 37.3 Å². The molecule has 0 aliphatic carbocycles. The molecule has 2 fully saturated rings. The maximum Gasteiger partial charge on any atom is 0.248 e. The summed E-state index contributed by atoms with van der Waals surface area (Å²) in [5.41, 5.74) is 3.24. The summed E-state index contributed by atoms with van der Waals surface area (Å²) in [6.45, 7) is 6.12. The Kier molecular flexibility index (Phi) is 5.25. The van der Waals surface area contributed by atoms with Crippen molar-refractivity contribution in [2.24, 2.45) is 4.99 Å². The van der Waals surface area contributed by atoms with Crippen molar-refractivity contribution in [2.75, 3.05) is 16.4 Å². The van der Waals surface area contributed by atoms with Crippen molar-refractivity contribution in [3.8, 4) is 0 Å². The van der Waals surface area contributed by atoms with E-state index in [0.29, 0.717) is 11.6 Å². The Morgan fingerprint density at radius 1 is 1.28 bits per heavy atom. The van der Waals surface area contributed by atoms with E-state index < -0.39 is 9.84 Å². The number of amidine groups is 1. The molecule has 0 N–H and O–H groups in total. The minimum atomic E-state index is -3.03. The number of carbonyl (C=O) groups excluding carboxylic acids is 1. The summed E-state index contributed by atoms with van der Waals surface area (Å²) < 4.78 is 24.1. The van der Waals surface area contributed by atoms with Crippen molar-refractivity contribution in [1.29, 1.82) is 0 Å². The summed E-state index contributed by atoms with van der Waals surface area (Å²) in [6.07, 6.45) is 2.22. The molecule has 25 heavy (non-hydrogen) atoms. The van der Waals surface area contributed by atoms with Gasteiger partial charge in [0.05, 0.1) is 17.5 Å². The zero-order valence-electron chi connectivity index (χ0n) is 14.9. The van der Waals surface area contributed by atoms with Gasteiger partial charge in [0.25, 0.3) is 0 Å². The predicted molar refractivity (Wildman–Crippen MR) is 104 cm³/mol. The molecule has 0 spiro atoms. The van der Waals surface area contributed by atoms with Crippen molar-refractivity contribution in [3.63, 3.8) is 0 Å². The molecule has 0 bridgehead atoms. The van der Waals surface area contributed by atoms with Gasteiger partial charge in [-0.15, -0.1) is 0 Å². The van der Waals surface area contributed by atoms with Crippen LogP contribution in [0.25, 0.3) is 0 Å². The Morgan fingerprint density at radius 2 is 2.04 bits per heavy atom. The molecule has 1 aromatic carbocycles. The monoisotopic (exact) mass is 380 g/mol. The molecule has 2 atom stereocenters. The standard InChI is InChI=1S/C18H24N2O3S2/c1-4-5-6-17(21)19-18-20(14-8-7-12(2)13(3)9-14)15-10-25(22,23)11-16(15)24-18/h7-9,15-16H,4-6,10-11H2,1-3H3/t15-,16-/m0/s1. The van der Waals surface area contributed by atoms with Crippen LogP contribution in [0, 0.1) is 13.8 Å². The first-order chi connectivity index (χ1) is 11.8. The molecular formula is C18H24N2O3S2. The summed E-state index contributed by atoms with van der Waals surface area (Å²) in [7, 11) is -3.03. The average Bonchev–Trinajstić information content (AvgIpc) is 2.99. The zero-order valence-corrected chi connectivity index (χ0v) is 16.5. The number of hydrogen-bond donors (Lipinski definition) is 0. The van der Waals surface area contributed by atoms with Gasteiger partial charge in [0.1, 0.15) is 0 Å². The third kappa shape index (κ3) is 3.92. The fourth-order valence-corrected chi connectivity index (χ4v) is 7.16. The molecule has 0 aromatic heterocycles. The molecule has 3 rings (SSSR count). The maximum absolute atomic E-state index is 12.2. The van der Waals surface area contributed by atoms with Crippen LogP contribution >= 0.6 is 11.8 Å². The van der Waals surface area contributed by atoms with Crippen molar-refractivity contribution < 1.29 is 13.2 Å². The second kappa shape index (κ2) is 7.11. The van der Waals surface area contributed by atoms with Gasteiger partial charge in [0, 0.05) is 17.4 Å². The largest absolute Gasteiger partial charge is 0.316 e.